The van der Waals surface area contributed by atoms with E-state index >= 15 is 0 Å². The standard InChI is InChI=1S/C30H24Br2Cl4O4/c1-29(15-3-5-25(37)19(31)9-15,16-4-6-26(38)20(32)10-16)7-8-30(2,17-11-21(33)27(39)22(34)12-17)18-13-23(35)28(40)24(36)14-18/h3-6,9-14,37-40H,7-8H2,1-2H3. The van der Waals surface area contributed by atoms with Gasteiger partial charge in [-0.2, -0.15) is 0 Å². The predicted octanol–water partition coefficient (Wildman–Crippen LogP) is 10.7. The summed E-state index contributed by atoms with van der Waals surface area (Å²) in [5.41, 5.74) is 1.83. The fourth-order valence-corrected chi connectivity index (χ4v) is 6.61. The van der Waals surface area contributed by atoms with Crippen molar-refractivity contribution in [2.24, 2.45) is 0 Å². The Morgan fingerprint density at radius 1 is 0.525 bits per heavy atom. The van der Waals surface area contributed by atoms with Gasteiger partial charge in [-0.1, -0.05) is 72.4 Å². The zero-order valence-corrected chi connectivity index (χ0v) is 27.4. The third-order valence-electron chi connectivity index (χ3n) is 7.60. The van der Waals surface area contributed by atoms with E-state index in [-0.39, 0.29) is 43.1 Å². The second-order valence-electron chi connectivity index (χ2n) is 10.1. The lowest BCUT2D eigenvalue weighted by Crippen LogP contribution is -2.30. The van der Waals surface area contributed by atoms with E-state index in [1.165, 1.54) is 0 Å². The van der Waals surface area contributed by atoms with Crippen LogP contribution >= 0.6 is 78.3 Å². The summed E-state index contributed by atoms with van der Waals surface area (Å²) in [7, 11) is 0. The molecule has 210 valence electrons. The zero-order chi connectivity index (χ0) is 29.6. The number of hydrogen-bond acceptors (Lipinski definition) is 4. The van der Waals surface area contributed by atoms with Crippen LogP contribution in [0.1, 0.15) is 48.9 Å². The maximum atomic E-state index is 10.3. The van der Waals surface area contributed by atoms with Crippen molar-refractivity contribution >= 4 is 78.3 Å². The van der Waals surface area contributed by atoms with Gasteiger partial charge in [0.2, 0.25) is 0 Å². The van der Waals surface area contributed by atoms with Crippen LogP contribution < -0.4 is 0 Å². The average molecular weight is 750 g/mol. The van der Waals surface area contributed by atoms with E-state index in [0.29, 0.717) is 32.9 Å². The third kappa shape index (κ3) is 5.90. The molecule has 4 rings (SSSR count). The highest BCUT2D eigenvalue weighted by Crippen LogP contribution is 2.49. The number of rotatable bonds is 7. The molecule has 0 heterocycles. The molecule has 0 spiro atoms. The van der Waals surface area contributed by atoms with E-state index < -0.39 is 10.8 Å². The van der Waals surface area contributed by atoms with E-state index in [9.17, 15) is 20.4 Å². The summed E-state index contributed by atoms with van der Waals surface area (Å²) in [5.74, 6) is -0.206. The number of phenolic OH excluding ortho intramolecular Hbond substituents is 4. The summed E-state index contributed by atoms with van der Waals surface area (Å²) in [5, 5.41) is 41.3. The van der Waals surface area contributed by atoms with E-state index in [1.54, 1.807) is 36.4 Å². The van der Waals surface area contributed by atoms with Gasteiger partial charge in [0.15, 0.2) is 11.5 Å². The van der Waals surface area contributed by atoms with Crippen LogP contribution in [0.2, 0.25) is 20.1 Å². The first-order valence-electron chi connectivity index (χ1n) is 12.0. The van der Waals surface area contributed by atoms with Gasteiger partial charge < -0.3 is 20.4 Å². The molecule has 0 atom stereocenters. The molecule has 0 fully saturated rings. The molecule has 10 heteroatoms. The van der Waals surface area contributed by atoms with E-state index in [2.05, 4.69) is 38.8 Å². The molecule has 0 unspecified atom stereocenters. The Labute approximate surface area is 269 Å². The van der Waals surface area contributed by atoms with Gasteiger partial charge in [-0.05, 0) is 115 Å². The molecule has 40 heavy (non-hydrogen) atoms. The molecule has 0 aromatic heterocycles. The maximum Gasteiger partial charge on any atom is 0.152 e. The Morgan fingerprint density at radius 3 is 1.12 bits per heavy atom. The molecule has 4 aromatic rings. The third-order valence-corrected chi connectivity index (χ3v) is 10.0. The molecule has 0 saturated carbocycles. The number of aromatic hydroxyl groups is 4. The maximum absolute atomic E-state index is 10.3. The van der Waals surface area contributed by atoms with Gasteiger partial charge in [0, 0.05) is 10.8 Å². The summed E-state index contributed by atoms with van der Waals surface area (Å²) in [6, 6.07) is 17.3. The van der Waals surface area contributed by atoms with Crippen LogP contribution in [0.5, 0.6) is 23.0 Å². The van der Waals surface area contributed by atoms with Crippen molar-refractivity contribution in [2.45, 2.75) is 37.5 Å². The second kappa shape index (κ2) is 11.8. The molecule has 0 radical (unpaired) electrons. The van der Waals surface area contributed by atoms with Gasteiger partial charge >= 0.3 is 0 Å². The molecule has 0 aliphatic rings. The highest BCUT2D eigenvalue weighted by Gasteiger charge is 2.37. The number of phenols is 4. The fourth-order valence-electron chi connectivity index (χ4n) is 4.88. The van der Waals surface area contributed by atoms with Gasteiger partial charge in [0.05, 0.1) is 29.0 Å². The van der Waals surface area contributed by atoms with Crippen LogP contribution in [-0.4, -0.2) is 20.4 Å². The Kier molecular flexibility index (Phi) is 9.21. The Bertz CT molecular complexity index is 1450. The smallest absolute Gasteiger partial charge is 0.152 e. The Morgan fingerprint density at radius 2 is 0.825 bits per heavy atom. The molecule has 0 saturated heterocycles. The second-order valence-corrected chi connectivity index (χ2v) is 13.4. The topological polar surface area (TPSA) is 80.9 Å². The van der Waals surface area contributed by atoms with Crippen LogP contribution in [0.25, 0.3) is 0 Å². The number of halogens is 6. The van der Waals surface area contributed by atoms with Gasteiger partial charge in [-0.3, -0.25) is 0 Å². The summed E-state index contributed by atoms with van der Waals surface area (Å²) >= 11 is 32.3. The van der Waals surface area contributed by atoms with Gasteiger partial charge in [0.1, 0.15) is 11.5 Å². The largest absolute Gasteiger partial charge is 0.507 e. The first-order chi connectivity index (χ1) is 18.7. The fraction of sp³-hybridized carbons (Fsp3) is 0.200. The predicted molar refractivity (Wildman–Crippen MR) is 170 cm³/mol. The van der Waals surface area contributed by atoms with E-state index in [1.807, 2.05) is 31.2 Å². The lowest BCUT2D eigenvalue weighted by Gasteiger charge is -2.38. The highest BCUT2D eigenvalue weighted by atomic mass is 79.9. The molecule has 4 aromatic carbocycles. The lowest BCUT2D eigenvalue weighted by atomic mass is 9.66. The summed E-state index contributed by atoms with van der Waals surface area (Å²) in [6.45, 7) is 4.07. The van der Waals surface area contributed by atoms with Gasteiger partial charge in [0.25, 0.3) is 0 Å². The highest BCUT2D eigenvalue weighted by molar-refractivity contribution is 9.10. The van der Waals surface area contributed by atoms with Crippen molar-refractivity contribution in [1.82, 2.24) is 0 Å². The van der Waals surface area contributed by atoms with Crippen molar-refractivity contribution in [3.8, 4) is 23.0 Å². The minimum absolute atomic E-state index is 0.0948. The van der Waals surface area contributed by atoms with Crippen molar-refractivity contribution in [1.29, 1.82) is 0 Å². The Balaban J connectivity index is 1.92. The molecular weight excluding hydrogens is 726 g/mol. The van der Waals surface area contributed by atoms with E-state index in [0.717, 1.165) is 11.1 Å². The first-order valence-corrected chi connectivity index (χ1v) is 15.1. The SMILES string of the molecule is CC(CCC(C)(c1ccc(O)c(Br)c1)c1ccc(O)c(Br)c1)(c1cc(Cl)c(O)c(Cl)c1)c1cc(Cl)c(O)c(Cl)c1. The van der Waals surface area contributed by atoms with Crippen LogP contribution in [0.3, 0.4) is 0 Å². The first kappa shape index (κ1) is 31.1. The van der Waals surface area contributed by atoms with Crippen molar-refractivity contribution in [3.05, 3.63) is 112 Å². The zero-order valence-electron chi connectivity index (χ0n) is 21.2. The van der Waals surface area contributed by atoms with Crippen LogP contribution in [0, 0.1) is 0 Å². The van der Waals surface area contributed by atoms with Gasteiger partial charge in [-0.15, -0.1) is 0 Å². The van der Waals surface area contributed by atoms with Crippen LogP contribution in [0.15, 0.2) is 69.6 Å². The van der Waals surface area contributed by atoms with E-state index in [4.69, 9.17) is 46.4 Å². The minimum Gasteiger partial charge on any atom is -0.507 e. The lowest BCUT2D eigenvalue weighted by molar-refractivity contribution is 0.409. The summed E-state index contributed by atoms with van der Waals surface area (Å²) in [4.78, 5) is 0. The monoisotopic (exact) mass is 746 g/mol. The van der Waals surface area contributed by atoms with Crippen molar-refractivity contribution < 1.29 is 20.4 Å². The number of hydrogen-bond donors (Lipinski definition) is 4. The van der Waals surface area contributed by atoms with Crippen molar-refractivity contribution in [2.75, 3.05) is 0 Å². The normalized spacial score (nSPS) is 12.1. The average Bonchev–Trinajstić information content (AvgIpc) is 2.91. The molecule has 4 nitrogen and oxygen atoms in total. The molecular formula is C30H24Br2Cl4O4. The quantitative estimate of drug-likeness (QED) is 0.152. The number of benzene rings is 4. The van der Waals surface area contributed by atoms with Crippen LogP contribution in [-0.2, 0) is 10.8 Å². The minimum atomic E-state index is -0.800. The van der Waals surface area contributed by atoms with Crippen molar-refractivity contribution in [3.63, 3.8) is 0 Å². The molecule has 0 aliphatic heterocycles. The summed E-state index contributed by atoms with van der Waals surface area (Å²) in [6.07, 6.45) is 1.04. The van der Waals surface area contributed by atoms with Gasteiger partial charge in [-0.25, -0.2) is 0 Å². The molecule has 0 aliphatic carbocycles. The molecule has 4 N–H and O–H groups in total. The summed E-state index contributed by atoms with van der Waals surface area (Å²) < 4.78 is 1.09. The van der Waals surface area contributed by atoms with Crippen LogP contribution in [0.4, 0.5) is 0 Å². The molecule has 0 bridgehead atoms. The molecule has 0 amide bonds. The Hall–Kier alpha value is -1.80.